The summed E-state index contributed by atoms with van der Waals surface area (Å²) in [6.45, 7) is 3.43. The van der Waals surface area contributed by atoms with Crippen LogP contribution in [0, 0.1) is 6.92 Å². The lowest BCUT2D eigenvalue weighted by Crippen LogP contribution is -2.45. The molecule has 0 radical (unpaired) electrons. The van der Waals surface area contributed by atoms with E-state index in [9.17, 15) is 4.79 Å². The molecule has 1 amide bonds. The molecule has 1 aliphatic rings. The lowest BCUT2D eigenvalue weighted by molar-refractivity contribution is 0.113. The van der Waals surface area contributed by atoms with Crippen molar-refractivity contribution >= 4 is 27.8 Å². The number of likely N-dealkylation sites (tertiary alicyclic amines) is 1. The zero-order valence-corrected chi connectivity index (χ0v) is 12.7. The molecule has 2 rings (SSSR count). The van der Waals surface area contributed by atoms with Gasteiger partial charge < -0.3 is 15.0 Å². The zero-order chi connectivity index (χ0) is 13.8. The van der Waals surface area contributed by atoms with Crippen LogP contribution in [-0.4, -0.2) is 42.2 Å². The molecule has 1 N–H and O–H groups in total. The SMILES string of the molecule is COC(=O)N1CCCC(Nc2ncc(Br)cc2C)C1. The number of rotatable bonds is 2. The molecule has 0 aliphatic carbocycles. The van der Waals surface area contributed by atoms with Crippen molar-refractivity contribution in [3.05, 3.63) is 22.3 Å². The number of amides is 1. The molecule has 1 unspecified atom stereocenters. The van der Waals surface area contributed by atoms with Crippen LogP contribution < -0.4 is 5.32 Å². The third-order valence-corrected chi connectivity index (χ3v) is 3.67. The van der Waals surface area contributed by atoms with Crippen LogP contribution in [0.1, 0.15) is 18.4 Å². The molecule has 2 heterocycles. The van der Waals surface area contributed by atoms with Gasteiger partial charge >= 0.3 is 6.09 Å². The van der Waals surface area contributed by atoms with Crippen LogP contribution >= 0.6 is 15.9 Å². The maximum Gasteiger partial charge on any atom is 0.409 e. The number of carbonyl (C=O) groups is 1. The number of nitrogens with one attached hydrogen (secondary N) is 1. The van der Waals surface area contributed by atoms with E-state index in [-0.39, 0.29) is 12.1 Å². The fourth-order valence-electron chi connectivity index (χ4n) is 2.27. The van der Waals surface area contributed by atoms with Crippen molar-refractivity contribution in [3.8, 4) is 0 Å². The minimum atomic E-state index is -0.257. The van der Waals surface area contributed by atoms with Crippen LogP contribution in [0.2, 0.25) is 0 Å². The highest BCUT2D eigenvalue weighted by molar-refractivity contribution is 9.10. The Morgan fingerprint density at radius 2 is 2.42 bits per heavy atom. The van der Waals surface area contributed by atoms with Crippen molar-refractivity contribution in [1.82, 2.24) is 9.88 Å². The summed E-state index contributed by atoms with van der Waals surface area (Å²) in [5.74, 6) is 0.875. The smallest absolute Gasteiger partial charge is 0.409 e. The highest BCUT2D eigenvalue weighted by Gasteiger charge is 2.24. The Hall–Kier alpha value is -1.30. The summed E-state index contributed by atoms with van der Waals surface area (Å²) in [6, 6.07) is 2.25. The fraction of sp³-hybridized carbons (Fsp3) is 0.538. The Morgan fingerprint density at radius 1 is 1.63 bits per heavy atom. The van der Waals surface area contributed by atoms with Crippen LogP contribution in [0.4, 0.5) is 10.6 Å². The van der Waals surface area contributed by atoms with E-state index < -0.39 is 0 Å². The third kappa shape index (κ3) is 3.59. The number of aromatic nitrogens is 1. The molecule has 1 aliphatic heterocycles. The van der Waals surface area contributed by atoms with Crippen LogP contribution in [0.5, 0.6) is 0 Å². The van der Waals surface area contributed by atoms with Gasteiger partial charge in [0.25, 0.3) is 0 Å². The number of methoxy groups -OCH3 is 1. The van der Waals surface area contributed by atoms with Crippen LogP contribution in [0.3, 0.4) is 0 Å². The number of pyridine rings is 1. The molecule has 0 spiro atoms. The average molecular weight is 328 g/mol. The Bertz CT molecular complexity index is 467. The van der Waals surface area contributed by atoms with E-state index in [1.165, 1.54) is 7.11 Å². The van der Waals surface area contributed by atoms with Gasteiger partial charge in [-0.2, -0.15) is 0 Å². The van der Waals surface area contributed by atoms with Crippen LogP contribution in [-0.2, 0) is 4.74 Å². The molecule has 0 aromatic carbocycles. The highest BCUT2D eigenvalue weighted by atomic mass is 79.9. The molecule has 1 saturated heterocycles. The van der Waals surface area contributed by atoms with Gasteiger partial charge in [0, 0.05) is 29.8 Å². The van der Waals surface area contributed by atoms with Gasteiger partial charge in [-0.1, -0.05) is 0 Å². The molecule has 1 fully saturated rings. The summed E-state index contributed by atoms with van der Waals surface area (Å²) in [6.07, 6.45) is 3.52. The number of hydrogen-bond acceptors (Lipinski definition) is 4. The summed E-state index contributed by atoms with van der Waals surface area (Å²) in [5.41, 5.74) is 1.09. The average Bonchev–Trinajstić information content (AvgIpc) is 2.41. The summed E-state index contributed by atoms with van der Waals surface area (Å²) in [7, 11) is 1.42. The second kappa shape index (κ2) is 6.23. The van der Waals surface area contributed by atoms with Gasteiger partial charge in [-0.15, -0.1) is 0 Å². The van der Waals surface area contributed by atoms with Gasteiger partial charge in [-0.3, -0.25) is 0 Å². The predicted octanol–water partition coefficient (Wildman–Crippen LogP) is 2.80. The quantitative estimate of drug-likeness (QED) is 0.907. The van der Waals surface area contributed by atoms with E-state index >= 15 is 0 Å². The molecule has 1 aromatic rings. The predicted molar refractivity (Wildman–Crippen MR) is 77.3 cm³/mol. The van der Waals surface area contributed by atoms with Gasteiger partial charge in [0.05, 0.1) is 7.11 Å². The number of aryl methyl sites for hydroxylation is 1. The number of hydrogen-bond donors (Lipinski definition) is 1. The standard InChI is InChI=1S/C13H18BrN3O2/c1-9-6-10(14)7-15-12(9)16-11-4-3-5-17(8-11)13(18)19-2/h6-7,11H,3-5,8H2,1-2H3,(H,15,16). The van der Waals surface area contributed by atoms with Crippen molar-refractivity contribution < 1.29 is 9.53 Å². The number of piperidine rings is 1. The summed E-state index contributed by atoms with van der Waals surface area (Å²) >= 11 is 3.40. The Kier molecular flexibility index (Phi) is 4.63. The number of halogens is 1. The molecule has 1 atom stereocenters. The highest BCUT2D eigenvalue weighted by Crippen LogP contribution is 2.20. The van der Waals surface area contributed by atoms with E-state index in [1.54, 1.807) is 11.1 Å². The largest absolute Gasteiger partial charge is 0.453 e. The summed E-state index contributed by atoms with van der Waals surface area (Å²) < 4.78 is 5.73. The Morgan fingerprint density at radius 3 is 3.11 bits per heavy atom. The Labute approximate surface area is 121 Å². The van der Waals surface area contributed by atoms with Gasteiger partial charge in [-0.05, 0) is 47.3 Å². The van der Waals surface area contributed by atoms with E-state index in [0.717, 1.165) is 35.2 Å². The second-order valence-corrected chi connectivity index (χ2v) is 5.63. The van der Waals surface area contributed by atoms with Crippen molar-refractivity contribution in [3.63, 3.8) is 0 Å². The van der Waals surface area contributed by atoms with Gasteiger partial charge in [0.1, 0.15) is 5.82 Å². The zero-order valence-electron chi connectivity index (χ0n) is 11.1. The first-order valence-corrected chi connectivity index (χ1v) is 7.11. The van der Waals surface area contributed by atoms with Crippen molar-refractivity contribution in [1.29, 1.82) is 0 Å². The van der Waals surface area contributed by atoms with E-state index in [1.807, 2.05) is 13.0 Å². The maximum absolute atomic E-state index is 11.5. The number of carbonyl (C=O) groups excluding carboxylic acids is 1. The van der Waals surface area contributed by atoms with Crippen LogP contribution in [0.15, 0.2) is 16.7 Å². The minimum absolute atomic E-state index is 0.222. The molecular weight excluding hydrogens is 310 g/mol. The minimum Gasteiger partial charge on any atom is -0.453 e. The second-order valence-electron chi connectivity index (χ2n) is 4.72. The summed E-state index contributed by atoms with van der Waals surface area (Å²) in [4.78, 5) is 17.6. The lowest BCUT2D eigenvalue weighted by Gasteiger charge is -2.32. The topological polar surface area (TPSA) is 54.5 Å². The van der Waals surface area contributed by atoms with Crippen molar-refractivity contribution in [2.24, 2.45) is 0 Å². The van der Waals surface area contributed by atoms with Crippen LogP contribution in [0.25, 0.3) is 0 Å². The molecular formula is C13H18BrN3O2. The van der Waals surface area contributed by atoms with Gasteiger partial charge in [0.2, 0.25) is 0 Å². The lowest BCUT2D eigenvalue weighted by atomic mass is 10.1. The molecule has 0 saturated carbocycles. The van der Waals surface area contributed by atoms with Crippen molar-refractivity contribution in [2.75, 3.05) is 25.5 Å². The number of ether oxygens (including phenoxy) is 1. The van der Waals surface area contributed by atoms with E-state index in [0.29, 0.717) is 6.54 Å². The first kappa shape index (κ1) is 14.1. The molecule has 0 bridgehead atoms. The summed E-state index contributed by atoms with van der Waals surface area (Å²) in [5, 5.41) is 3.40. The molecule has 19 heavy (non-hydrogen) atoms. The monoisotopic (exact) mass is 327 g/mol. The van der Waals surface area contributed by atoms with Gasteiger partial charge in [0.15, 0.2) is 0 Å². The van der Waals surface area contributed by atoms with E-state index in [4.69, 9.17) is 4.74 Å². The molecule has 6 heteroatoms. The first-order valence-electron chi connectivity index (χ1n) is 6.31. The Balaban J connectivity index is 2.00. The number of anilines is 1. The molecule has 104 valence electrons. The molecule has 1 aromatic heterocycles. The molecule has 5 nitrogen and oxygen atoms in total. The number of nitrogens with zero attached hydrogens (tertiary/aromatic N) is 2. The van der Waals surface area contributed by atoms with Gasteiger partial charge in [-0.25, -0.2) is 9.78 Å². The normalized spacial score (nSPS) is 19.1. The fourth-order valence-corrected chi connectivity index (χ4v) is 2.72. The van der Waals surface area contributed by atoms with Crippen molar-refractivity contribution in [2.45, 2.75) is 25.8 Å². The third-order valence-electron chi connectivity index (χ3n) is 3.24. The maximum atomic E-state index is 11.5. The first-order chi connectivity index (χ1) is 9.10. The van der Waals surface area contributed by atoms with E-state index in [2.05, 4.69) is 26.2 Å².